The summed E-state index contributed by atoms with van der Waals surface area (Å²) < 4.78 is 33.4. The molecule has 1 aliphatic rings. The number of amides is 1. The summed E-state index contributed by atoms with van der Waals surface area (Å²) in [5.74, 6) is 0.116. The summed E-state index contributed by atoms with van der Waals surface area (Å²) in [5, 5.41) is 2.96. The molecule has 32 heavy (non-hydrogen) atoms. The zero-order chi connectivity index (χ0) is 23.1. The molecule has 1 N–H and O–H groups in total. The molecule has 0 bridgehead atoms. The number of sulfonamides is 1. The van der Waals surface area contributed by atoms with Gasteiger partial charge in [0.25, 0.3) is 0 Å². The lowest BCUT2D eigenvalue weighted by Gasteiger charge is -2.27. The number of carbonyl (C=O) groups excluding carboxylic acids is 1. The van der Waals surface area contributed by atoms with Crippen LogP contribution in [-0.2, 0) is 14.8 Å². The number of nitrogens with zero attached hydrogens (tertiary/aromatic N) is 2. The fraction of sp³-hybridized carbons (Fsp3) is 0.458. The number of anilines is 1. The first-order chi connectivity index (χ1) is 15.4. The molecule has 2 aromatic carbocycles. The molecular formula is C24H33N3O4S. The van der Waals surface area contributed by atoms with Gasteiger partial charge in [-0.1, -0.05) is 44.2 Å². The van der Waals surface area contributed by atoms with E-state index in [9.17, 15) is 13.2 Å². The molecule has 1 amide bonds. The Morgan fingerprint density at radius 1 is 1.06 bits per heavy atom. The lowest BCUT2D eigenvalue weighted by atomic mass is 10.0. The summed E-state index contributed by atoms with van der Waals surface area (Å²) in [7, 11) is -3.75. The molecule has 0 unspecified atom stereocenters. The van der Waals surface area contributed by atoms with Crippen molar-refractivity contribution in [3.63, 3.8) is 0 Å². The van der Waals surface area contributed by atoms with E-state index in [-0.39, 0.29) is 16.6 Å². The van der Waals surface area contributed by atoms with Crippen molar-refractivity contribution in [3.05, 3.63) is 54.1 Å². The Kier molecular flexibility index (Phi) is 8.28. The molecule has 1 saturated heterocycles. The van der Waals surface area contributed by atoms with Crippen LogP contribution < -0.4 is 10.1 Å². The summed E-state index contributed by atoms with van der Waals surface area (Å²) >= 11 is 0. The summed E-state index contributed by atoms with van der Waals surface area (Å²) in [6.45, 7) is 8.18. The van der Waals surface area contributed by atoms with E-state index in [1.54, 1.807) is 26.0 Å². The van der Waals surface area contributed by atoms with Crippen molar-refractivity contribution in [1.29, 1.82) is 0 Å². The normalized spacial score (nSPS) is 15.6. The zero-order valence-electron chi connectivity index (χ0n) is 19.1. The third-order valence-corrected chi connectivity index (χ3v) is 7.77. The van der Waals surface area contributed by atoms with Crippen molar-refractivity contribution >= 4 is 21.6 Å². The van der Waals surface area contributed by atoms with E-state index < -0.39 is 16.1 Å². The smallest absolute Gasteiger partial charge is 0.246 e. The number of carbonyl (C=O) groups is 1. The predicted octanol–water partition coefficient (Wildman–Crippen LogP) is 3.89. The molecule has 8 heteroatoms. The van der Waals surface area contributed by atoms with Crippen molar-refractivity contribution < 1.29 is 17.9 Å². The topological polar surface area (TPSA) is 79.0 Å². The van der Waals surface area contributed by atoms with Crippen molar-refractivity contribution in [3.8, 4) is 5.75 Å². The molecule has 0 spiro atoms. The second kappa shape index (κ2) is 10.9. The van der Waals surface area contributed by atoms with Crippen LogP contribution in [0.3, 0.4) is 0 Å². The van der Waals surface area contributed by atoms with Gasteiger partial charge >= 0.3 is 0 Å². The number of likely N-dealkylation sites (tertiary alicyclic amines) is 1. The molecule has 0 aromatic heterocycles. The van der Waals surface area contributed by atoms with Crippen molar-refractivity contribution in [2.45, 2.75) is 44.6 Å². The molecule has 1 fully saturated rings. The molecule has 174 valence electrons. The van der Waals surface area contributed by atoms with Gasteiger partial charge in [-0.3, -0.25) is 9.69 Å². The minimum Gasteiger partial charge on any atom is -0.492 e. The fourth-order valence-electron chi connectivity index (χ4n) is 4.14. The van der Waals surface area contributed by atoms with Gasteiger partial charge in [0, 0.05) is 18.8 Å². The van der Waals surface area contributed by atoms with Crippen LogP contribution in [0.5, 0.6) is 5.75 Å². The Morgan fingerprint density at radius 2 is 1.72 bits per heavy atom. The SMILES string of the molecule is CCOc1ccc(NC(=O)[C@H](c2ccccc2)N2CCCC2)cc1S(=O)(=O)N(CC)CC. The lowest BCUT2D eigenvalue weighted by molar-refractivity contribution is -0.121. The molecule has 0 saturated carbocycles. The van der Waals surface area contributed by atoms with Crippen LogP contribution >= 0.6 is 0 Å². The highest BCUT2D eigenvalue weighted by molar-refractivity contribution is 7.89. The summed E-state index contributed by atoms with van der Waals surface area (Å²) in [6.07, 6.45) is 2.12. The van der Waals surface area contributed by atoms with E-state index in [1.165, 1.54) is 10.4 Å². The standard InChI is InChI=1S/C24H33N3O4S/c1-4-27(5-2)32(29,30)22-18-20(14-15-21(22)31-6-3)25-24(28)23(26-16-10-11-17-26)19-12-8-7-9-13-19/h7-9,12-15,18,23H,4-6,10-11,16-17H2,1-3H3,(H,25,28)/t23-/m0/s1. The van der Waals surface area contributed by atoms with Crippen LogP contribution in [0, 0.1) is 0 Å². The second-order valence-electron chi connectivity index (χ2n) is 7.73. The van der Waals surface area contributed by atoms with Gasteiger partial charge in [-0.05, 0) is 56.6 Å². The highest BCUT2D eigenvalue weighted by Crippen LogP contribution is 2.32. The van der Waals surface area contributed by atoms with Crippen LogP contribution in [0.1, 0.15) is 45.2 Å². The molecule has 1 heterocycles. The molecule has 3 rings (SSSR count). The minimum atomic E-state index is -3.75. The van der Waals surface area contributed by atoms with E-state index in [1.807, 2.05) is 37.3 Å². The number of rotatable bonds is 10. The first-order valence-electron chi connectivity index (χ1n) is 11.3. The van der Waals surface area contributed by atoms with E-state index >= 15 is 0 Å². The van der Waals surface area contributed by atoms with Crippen LogP contribution in [0.15, 0.2) is 53.4 Å². The van der Waals surface area contributed by atoms with Gasteiger partial charge in [0.2, 0.25) is 15.9 Å². The second-order valence-corrected chi connectivity index (χ2v) is 9.64. The Balaban J connectivity index is 1.94. The number of hydrogen-bond donors (Lipinski definition) is 1. The van der Waals surface area contributed by atoms with Crippen LogP contribution in [-0.4, -0.2) is 56.3 Å². The Bertz CT molecular complexity index is 1000. The Morgan fingerprint density at radius 3 is 2.31 bits per heavy atom. The molecule has 0 aliphatic carbocycles. The largest absolute Gasteiger partial charge is 0.492 e. The first kappa shape index (κ1) is 24.2. The van der Waals surface area contributed by atoms with Crippen molar-refractivity contribution in [2.24, 2.45) is 0 Å². The number of hydrogen-bond acceptors (Lipinski definition) is 5. The molecule has 1 aliphatic heterocycles. The summed E-state index contributed by atoms with van der Waals surface area (Å²) in [5.41, 5.74) is 1.36. The van der Waals surface area contributed by atoms with Crippen LogP contribution in [0.2, 0.25) is 0 Å². The maximum Gasteiger partial charge on any atom is 0.246 e. The lowest BCUT2D eigenvalue weighted by Crippen LogP contribution is -2.35. The summed E-state index contributed by atoms with van der Waals surface area (Å²) in [6, 6.07) is 14.1. The van der Waals surface area contributed by atoms with Gasteiger partial charge in [-0.25, -0.2) is 8.42 Å². The monoisotopic (exact) mass is 459 g/mol. The highest BCUT2D eigenvalue weighted by Gasteiger charge is 2.31. The minimum absolute atomic E-state index is 0.0679. The van der Waals surface area contributed by atoms with Gasteiger partial charge in [0.15, 0.2) is 0 Å². The maximum atomic E-state index is 13.4. The molecule has 0 radical (unpaired) electrons. The summed E-state index contributed by atoms with van der Waals surface area (Å²) in [4.78, 5) is 15.6. The third kappa shape index (κ3) is 5.31. The predicted molar refractivity (Wildman–Crippen MR) is 126 cm³/mol. The van der Waals surface area contributed by atoms with Crippen molar-refractivity contribution in [2.75, 3.05) is 38.1 Å². The average molecular weight is 460 g/mol. The van der Waals surface area contributed by atoms with Crippen LogP contribution in [0.25, 0.3) is 0 Å². The van der Waals surface area contributed by atoms with E-state index in [0.29, 0.717) is 25.4 Å². The third-order valence-electron chi connectivity index (χ3n) is 5.70. The van der Waals surface area contributed by atoms with Gasteiger partial charge in [0.1, 0.15) is 16.7 Å². The van der Waals surface area contributed by atoms with E-state index in [0.717, 1.165) is 31.5 Å². The number of nitrogens with one attached hydrogen (secondary N) is 1. The quantitative estimate of drug-likeness (QED) is 0.583. The Hall–Kier alpha value is -2.42. The number of ether oxygens (including phenoxy) is 1. The van der Waals surface area contributed by atoms with Crippen LogP contribution in [0.4, 0.5) is 5.69 Å². The van der Waals surface area contributed by atoms with E-state index in [2.05, 4.69) is 10.2 Å². The van der Waals surface area contributed by atoms with Gasteiger partial charge in [0.05, 0.1) is 6.61 Å². The van der Waals surface area contributed by atoms with Gasteiger partial charge in [-0.15, -0.1) is 0 Å². The first-order valence-corrected chi connectivity index (χ1v) is 12.7. The molecule has 7 nitrogen and oxygen atoms in total. The van der Waals surface area contributed by atoms with E-state index in [4.69, 9.17) is 4.74 Å². The number of benzene rings is 2. The zero-order valence-corrected chi connectivity index (χ0v) is 19.9. The van der Waals surface area contributed by atoms with Gasteiger partial charge < -0.3 is 10.1 Å². The van der Waals surface area contributed by atoms with Gasteiger partial charge in [-0.2, -0.15) is 4.31 Å². The maximum absolute atomic E-state index is 13.4. The average Bonchev–Trinajstić information content (AvgIpc) is 3.30. The fourth-order valence-corrected chi connectivity index (χ4v) is 5.75. The Labute approximate surface area is 191 Å². The molecular weight excluding hydrogens is 426 g/mol. The van der Waals surface area contributed by atoms with Crippen molar-refractivity contribution in [1.82, 2.24) is 9.21 Å². The highest BCUT2D eigenvalue weighted by atomic mass is 32.2. The molecule has 1 atom stereocenters. The molecule has 2 aromatic rings.